The Hall–Kier alpha value is 0. The summed E-state index contributed by atoms with van der Waals surface area (Å²) in [7, 11) is 0. The highest BCUT2D eigenvalue weighted by atomic mass is 15.8. The second-order valence-electron chi connectivity index (χ2n) is 37.4. The fraction of sp³-hybridized carbons (Fsp3) is 1.00. The molecule has 0 bridgehead atoms. The molecule has 260 valence electrons. The fourth-order valence-corrected chi connectivity index (χ4v) is 65.3. The maximum Gasteiger partial charge on any atom is -0.000370 e. The van der Waals surface area contributed by atoms with Gasteiger partial charge in [-0.2, -0.15) is 0 Å². The number of hydrogen-bond donors (Lipinski definition) is 0. The molecule has 0 amide bonds. The number of hydrogen-bond acceptors (Lipinski definition) is 0. The van der Waals surface area contributed by atoms with E-state index >= 15 is 0 Å². The molecule has 0 radical (unpaired) electrons. The predicted molar refractivity (Wildman–Crippen MR) is 173 cm³/mol. The average molecular weight is 717 g/mol. The summed E-state index contributed by atoms with van der Waals surface area (Å²) in [4.78, 5) is 0. The van der Waals surface area contributed by atoms with Gasteiger partial charge in [0.25, 0.3) is 0 Å². The third-order valence-electron chi connectivity index (χ3n) is 50.5. The van der Waals surface area contributed by atoms with Crippen molar-refractivity contribution in [3.63, 3.8) is 0 Å². The summed E-state index contributed by atoms with van der Waals surface area (Å²) in [5.74, 6) is 33.8. The van der Waals surface area contributed by atoms with Crippen LogP contribution in [0.3, 0.4) is 0 Å². The molecule has 0 saturated heterocycles. The average Bonchev–Trinajstić information content (AvgIpc) is 3.29. The van der Waals surface area contributed by atoms with Crippen LogP contribution in [0.25, 0.3) is 0 Å². The Balaban J connectivity index is 0.813. The van der Waals surface area contributed by atoms with Crippen LogP contribution >= 0.6 is 0 Å². The molecule has 0 nitrogen and oxygen atoms in total. The molecule has 53 atom stereocenters. The van der Waals surface area contributed by atoms with E-state index in [4.69, 9.17) is 0 Å². The van der Waals surface area contributed by atoms with E-state index in [9.17, 15) is 0 Å². The van der Waals surface area contributed by atoms with Gasteiger partial charge in [-0.3, -0.25) is 0 Å². The van der Waals surface area contributed by atoms with Gasteiger partial charge in [0.1, 0.15) is 0 Å². The lowest BCUT2D eigenvalue weighted by molar-refractivity contribution is -1.27. The van der Waals surface area contributed by atoms with Gasteiger partial charge in [-0.05, 0) is 325 Å². The quantitative estimate of drug-likeness (QED) is 0.347. The van der Waals surface area contributed by atoms with Crippen LogP contribution < -0.4 is 0 Å². The first-order valence-electron chi connectivity index (χ1n) is 28.4. The van der Waals surface area contributed by atoms with Crippen molar-refractivity contribution in [2.45, 2.75) is 25.7 Å². The molecule has 0 aromatic carbocycles. The highest BCUT2D eigenvalue weighted by Gasteiger charge is 3.74. The van der Waals surface area contributed by atoms with Crippen LogP contribution in [0.5, 0.6) is 0 Å². The molecular weight excluding hydrogens is 685 g/mol. The monoisotopic (exact) mass is 716 g/mol. The molecule has 29 spiro atoms. The second kappa shape index (κ2) is 2.71. The van der Waals surface area contributed by atoms with E-state index < -0.39 is 0 Å². The second-order valence-corrected chi connectivity index (χ2v) is 37.4. The molecule has 0 aromatic rings. The summed E-state index contributed by atoms with van der Waals surface area (Å²) in [6.45, 7) is 0. The van der Waals surface area contributed by atoms with Crippen molar-refractivity contribution in [3.05, 3.63) is 0 Å². The van der Waals surface area contributed by atoms with Crippen LogP contribution in [0.2, 0.25) is 0 Å². The van der Waals surface area contributed by atoms with Crippen LogP contribution in [0, 0.1) is 299 Å². The zero-order valence-corrected chi connectivity index (χ0v) is 31.2. The van der Waals surface area contributed by atoms with Crippen LogP contribution in [0.15, 0.2) is 0 Å². The van der Waals surface area contributed by atoms with Crippen LogP contribution in [-0.4, -0.2) is 0 Å². The van der Waals surface area contributed by atoms with E-state index in [-0.39, 0.29) is 0 Å². The van der Waals surface area contributed by atoms with Gasteiger partial charge in [0.15, 0.2) is 0 Å². The molecule has 0 heterocycles. The summed E-state index contributed by atoms with van der Waals surface area (Å²) < 4.78 is 0. The molecule has 0 aromatic heterocycles. The molecule has 42 aliphatic carbocycles. The Morgan fingerprint density at radius 3 is 1.21 bits per heavy atom. The van der Waals surface area contributed by atoms with Gasteiger partial charge in [-0.25, -0.2) is 0 Å². The summed E-state index contributed by atoms with van der Waals surface area (Å²) in [6.07, 6.45) is 7.52. The highest BCUT2D eigenvalue weighted by Crippen LogP contribution is 3.75. The Labute approximate surface area is 323 Å². The number of fused-ring (bicyclic) bond motifs is 17. The first-order chi connectivity index (χ1) is 28.4. The first kappa shape index (κ1) is 18.6. The molecule has 42 fully saturated rings. The van der Waals surface area contributed by atoms with Crippen molar-refractivity contribution >= 4 is 0 Å². The molecule has 53 unspecified atom stereocenters. The van der Waals surface area contributed by atoms with Gasteiger partial charge in [-0.1, -0.05) is 0 Å². The van der Waals surface area contributed by atoms with E-state index in [1.165, 1.54) is 142 Å². The fourth-order valence-electron chi connectivity index (χ4n) is 65.3. The topological polar surface area (TPSA) is 0 Å². The minimum absolute atomic E-state index is 1.07. The minimum Gasteiger partial charge on any atom is -0.0464 e. The van der Waals surface area contributed by atoms with E-state index in [1.54, 1.807) is 0 Å². The van der Waals surface area contributed by atoms with Crippen molar-refractivity contribution in [1.82, 2.24) is 0 Å². The van der Waals surface area contributed by atoms with E-state index in [2.05, 4.69) is 0 Å². The third-order valence-corrected chi connectivity index (χ3v) is 50.5. The van der Waals surface area contributed by atoms with Crippen molar-refractivity contribution in [2.75, 3.05) is 0 Å². The predicted octanol–water partition coefficient (Wildman–Crippen LogP) is 4.51. The van der Waals surface area contributed by atoms with Crippen molar-refractivity contribution in [1.29, 1.82) is 0 Å². The minimum atomic E-state index is 1.07. The van der Waals surface area contributed by atoms with E-state index in [0.717, 1.165) is 157 Å². The molecule has 42 saturated carbocycles. The van der Waals surface area contributed by atoms with Gasteiger partial charge in [0, 0.05) is 0 Å². The summed E-state index contributed by atoms with van der Waals surface area (Å²) >= 11 is 0. The lowest BCUT2D eigenvalue weighted by atomic mass is 8.31. The normalized spacial score (nSPS) is 145. The van der Waals surface area contributed by atoms with Crippen molar-refractivity contribution < 1.29 is 0 Å². The van der Waals surface area contributed by atoms with Crippen LogP contribution in [0.4, 0.5) is 0 Å². The summed E-state index contributed by atoms with van der Waals surface area (Å²) in [6, 6.07) is 0. The number of rotatable bonds is 0. The smallest absolute Gasteiger partial charge is 0.000370 e. The van der Waals surface area contributed by atoms with Gasteiger partial charge in [0.2, 0.25) is 0 Å². The van der Waals surface area contributed by atoms with Gasteiger partial charge < -0.3 is 0 Å². The highest BCUT2D eigenvalue weighted by molar-refractivity contribution is 6.18. The Bertz CT molecular complexity index is 3970. The third kappa shape index (κ3) is 0.382. The van der Waals surface area contributed by atoms with Crippen LogP contribution in [-0.2, 0) is 0 Å². The van der Waals surface area contributed by atoms with Crippen molar-refractivity contribution in [2.24, 2.45) is 299 Å². The largest absolute Gasteiger partial charge is 0.0464 e. The zero-order valence-electron chi connectivity index (χ0n) is 31.2. The van der Waals surface area contributed by atoms with Gasteiger partial charge in [0.05, 0.1) is 0 Å². The van der Waals surface area contributed by atoms with E-state index in [0.29, 0.717) is 0 Å². The Kier molecular flexibility index (Phi) is 0.885. The maximum absolute atomic E-state index is 1.90. The Morgan fingerprint density at radius 2 is 0.614 bits per heavy atom. The standard InChI is InChI=1S/C57H32/c1-5-2-7-13-20-24-26-22-18-11-4-9-16-15-8-3-10-17-21-25-23-19-12-6(1)14-28-29(5)27(7)33(13)39(20)43(24)45(26)41(22)37(18)31(9,11)35(16)34(15)30(8,10)36(17)40(21)44(25)42(23)38(19)32(12,14)46(28)47(29,33)51(39)50(38,46)54(42)55(43,51)57(45)53(41)49(35,37)48(34,36)52(40,53)56(44,54)57/h5-28H,1-4H2. The SMILES string of the molecule is C1C2C3C4C5C6C7C8C9CC%10C%11C%12C%13CC%14C%15C%16C%17C%18C%19C%20C%21CC1C1%22C%21C%20%21C%19%20C%18%19C%17%18C%16%17C%15%16C%13%14C%12%13C%11%12C%109C89C78C67C56C45C34C2C1C41C%22%21C%202C51C61C%192C%182C%173C%13%16C%129C83C712. The molecule has 0 N–H and O–H groups in total. The molecule has 42 rings (SSSR count). The zero-order chi connectivity index (χ0) is 31.2. The van der Waals surface area contributed by atoms with Gasteiger partial charge >= 0.3 is 0 Å². The summed E-state index contributed by atoms with van der Waals surface area (Å²) in [5, 5.41) is 0. The molecule has 57 heavy (non-hydrogen) atoms. The lowest BCUT2D eigenvalue weighted by Gasteiger charge is -3.71. The van der Waals surface area contributed by atoms with E-state index in [1.807, 2.05) is 25.7 Å². The van der Waals surface area contributed by atoms with Gasteiger partial charge in [-0.15, -0.1) is 0 Å². The maximum atomic E-state index is 1.90. The van der Waals surface area contributed by atoms with Crippen molar-refractivity contribution in [3.8, 4) is 0 Å². The Morgan fingerprint density at radius 1 is 0.228 bits per heavy atom. The molecule has 0 heteroatoms. The summed E-state index contributed by atoms with van der Waals surface area (Å²) in [5.41, 5.74) is 33.0. The lowest BCUT2D eigenvalue weighted by Crippen LogP contribution is -3.70. The molecular formula is C57H32. The molecule has 0 aliphatic heterocycles. The first-order valence-corrected chi connectivity index (χ1v) is 28.4. The van der Waals surface area contributed by atoms with Crippen LogP contribution in [0.1, 0.15) is 25.7 Å². The molecule has 42 aliphatic rings.